The number of hydrogen-bond donors (Lipinski definition) is 2. The number of hydrogen-bond acceptors (Lipinski definition) is 3. The van der Waals surface area contributed by atoms with E-state index in [0.717, 1.165) is 0 Å². The second-order valence-electron chi connectivity index (χ2n) is 3.39. The van der Waals surface area contributed by atoms with Crippen LogP contribution in [0.1, 0.15) is 23.2 Å². The van der Waals surface area contributed by atoms with Crippen molar-refractivity contribution >= 4 is 5.91 Å². The van der Waals surface area contributed by atoms with Gasteiger partial charge < -0.3 is 14.8 Å². The van der Waals surface area contributed by atoms with Crippen molar-refractivity contribution in [2.75, 3.05) is 6.54 Å². The van der Waals surface area contributed by atoms with Crippen LogP contribution < -0.4 is 5.32 Å². The normalized spacial score (nSPS) is 13.5. The van der Waals surface area contributed by atoms with Crippen molar-refractivity contribution in [3.63, 3.8) is 0 Å². The van der Waals surface area contributed by atoms with Crippen LogP contribution in [0.3, 0.4) is 0 Å². The number of amides is 1. The monoisotopic (exact) mass is 251 g/mol. The summed E-state index contributed by atoms with van der Waals surface area (Å²) in [6, 6.07) is 2.93. The average Bonchev–Trinajstić information content (AvgIpc) is 2.72. The van der Waals surface area contributed by atoms with Crippen molar-refractivity contribution < 1.29 is 27.5 Å². The van der Waals surface area contributed by atoms with E-state index >= 15 is 0 Å². The smallest absolute Gasteiger partial charge is 0.416 e. The Morgan fingerprint density at radius 2 is 2.18 bits per heavy atom. The standard InChI is InChI=1S/C10H12F3NO3/c1-2-6-3-4-7(17-6)9(16)14-5-8(15)10(11,12)13/h3-4,8,15H,2,5H2,1H3,(H,14,16). The Morgan fingerprint density at radius 3 is 2.65 bits per heavy atom. The Labute approximate surface area is 95.4 Å². The van der Waals surface area contributed by atoms with Crippen molar-refractivity contribution in [2.24, 2.45) is 0 Å². The summed E-state index contributed by atoms with van der Waals surface area (Å²) in [4.78, 5) is 11.3. The van der Waals surface area contributed by atoms with Gasteiger partial charge in [-0.2, -0.15) is 13.2 Å². The van der Waals surface area contributed by atoms with Crippen LogP contribution in [0.2, 0.25) is 0 Å². The highest BCUT2D eigenvalue weighted by Crippen LogP contribution is 2.19. The Bertz CT molecular complexity index is 386. The molecule has 7 heteroatoms. The van der Waals surface area contributed by atoms with Crippen LogP contribution in [0.5, 0.6) is 0 Å². The molecule has 0 radical (unpaired) electrons. The second kappa shape index (κ2) is 5.22. The van der Waals surface area contributed by atoms with Gasteiger partial charge in [0.2, 0.25) is 0 Å². The minimum absolute atomic E-state index is 0.0729. The van der Waals surface area contributed by atoms with E-state index in [9.17, 15) is 18.0 Å². The van der Waals surface area contributed by atoms with Crippen molar-refractivity contribution in [2.45, 2.75) is 25.6 Å². The molecule has 1 aromatic rings. The van der Waals surface area contributed by atoms with Crippen LogP contribution in [-0.2, 0) is 6.42 Å². The Kier molecular flexibility index (Phi) is 4.17. The van der Waals surface area contributed by atoms with E-state index in [1.165, 1.54) is 6.07 Å². The number of carbonyl (C=O) groups is 1. The van der Waals surface area contributed by atoms with E-state index in [1.807, 2.05) is 12.2 Å². The molecule has 1 aromatic heterocycles. The first-order valence-corrected chi connectivity index (χ1v) is 4.96. The number of carbonyl (C=O) groups excluding carboxylic acids is 1. The lowest BCUT2D eigenvalue weighted by atomic mass is 10.3. The molecule has 1 rings (SSSR count). The van der Waals surface area contributed by atoms with E-state index < -0.39 is 24.7 Å². The van der Waals surface area contributed by atoms with Gasteiger partial charge in [0, 0.05) is 6.42 Å². The average molecular weight is 251 g/mol. The van der Waals surface area contributed by atoms with Crippen LogP contribution in [-0.4, -0.2) is 29.8 Å². The Balaban J connectivity index is 2.50. The van der Waals surface area contributed by atoms with Crippen molar-refractivity contribution in [3.8, 4) is 0 Å². The lowest BCUT2D eigenvalue weighted by molar-refractivity contribution is -0.201. The van der Waals surface area contributed by atoms with Crippen LogP contribution in [0.15, 0.2) is 16.5 Å². The highest BCUT2D eigenvalue weighted by atomic mass is 19.4. The SMILES string of the molecule is CCc1ccc(C(=O)NCC(O)C(F)(F)F)o1. The maximum Gasteiger partial charge on any atom is 0.416 e. The summed E-state index contributed by atoms with van der Waals surface area (Å²) in [5.74, 6) is -0.296. The first-order chi connectivity index (χ1) is 7.84. The molecule has 0 fully saturated rings. The van der Waals surface area contributed by atoms with Gasteiger partial charge in [-0.1, -0.05) is 6.92 Å². The van der Waals surface area contributed by atoms with Gasteiger partial charge >= 0.3 is 6.18 Å². The molecule has 1 heterocycles. The molecule has 0 aliphatic carbocycles. The van der Waals surface area contributed by atoms with Gasteiger partial charge in [0.15, 0.2) is 11.9 Å². The molecule has 4 nitrogen and oxygen atoms in total. The summed E-state index contributed by atoms with van der Waals surface area (Å²) in [6.45, 7) is 0.915. The summed E-state index contributed by atoms with van der Waals surface area (Å²) in [7, 11) is 0. The molecule has 0 aliphatic heterocycles. The van der Waals surface area contributed by atoms with E-state index in [4.69, 9.17) is 9.52 Å². The molecular weight excluding hydrogens is 239 g/mol. The maximum absolute atomic E-state index is 11.9. The lowest BCUT2D eigenvalue weighted by Crippen LogP contribution is -2.40. The van der Waals surface area contributed by atoms with Gasteiger partial charge in [-0.15, -0.1) is 0 Å². The van der Waals surface area contributed by atoms with E-state index in [1.54, 1.807) is 6.07 Å². The zero-order chi connectivity index (χ0) is 13.1. The molecule has 0 bridgehead atoms. The fraction of sp³-hybridized carbons (Fsp3) is 0.500. The molecular formula is C10H12F3NO3. The maximum atomic E-state index is 11.9. The van der Waals surface area contributed by atoms with E-state index in [0.29, 0.717) is 12.2 Å². The number of aryl methyl sites for hydroxylation is 1. The molecule has 0 saturated heterocycles. The van der Waals surface area contributed by atoms with Crippen LogP contribution in [0, 0.1) is 0 Å². The number of nitrogens with one attached hydrogen (secondary N) is 1. The number of aliphatic hydroxyl groups is 1. The summed E-state index contributed by atoms with van der Waals surface area (Å²) in [5, 5.41) is 10.6. The molecule has 1 unspecified atom stereocenters. The van der Waals surface area contributed by atoms with Crippen molar-refractivity contribution in [1.29, 1.82) is 0 Å². The first kappa shape index (κ1) is 13.6. The number of rotatable bonds is 4. The van der Waals surface area contributed by atoms with Gasteiger partial charge in [-0.05, 0) is 12.1 Å². The van der Waals surface area contributed by atoms with Gasteiger partial charge in [-0.25, -0.2) is 0 Å². The first-order valence-electron chi connectivity index (χ1n) is 4.96. The van der Waals surface area contributed by atoms with Gasteiger partial charge in [-0.3, -0.25) is 4.79 Å². The Morgan fingerprint density at radius 1 is 1.53 bits per heavy atom. The molecule has 0 saturated carbocycles. The minimum atomic E-state index is -4.75. The molecule has 0 spiro atoms. The third kappa shape index (κ3) is 3.77. The van der Waals surface area contributed by atoms with E-state index in [-0.39, 0.29) is 5.76 Å². The topological polar surface area (TPSA) is 62.5 Å². The van der Waals surface area contributed by atoms with Gasteiger partial charge in [0.1, 0.15) is 5.76 Å². The number of alkyl halides is 3. The molecule has 1 atom stereocenters. The predicted octanol–water partition coefficient (Wildman–Crippen LogP) is 1.50. The Hall–Kier alpha value is -1.50. The number of furan rings is 1. The summed E-state index contributed by atoms with van der Waals surface area (Å²) >= 11 is 0. The van der Waals surface area contributed by atoms with Crippen LogP contribution in [0.25, 0.3) is 0 Å². The molecule has 0 aliphatic rings. The fourth-order valence-electron chi connectivity index (χ4n) is 1.08. The highest BCUT2D eigenvalue weighted by Gasteiger charge is 2.38. The van der Waals surface area contributed by atoms with E-state index in [2.05, 4.69) is 0 Å². The summed E-state index contributed by atoms with van der Waals surface area (Å²) < 4.78 is 40.8. The van der Waals surface area contributed by atoms with Crippen LogP contribution >= 0.6 is 0 Å². The highest BCUT2D eigenvalue weighted by molar-refractivity contribution is 5.91. The largest absolute Gasteiger partial charge is 0.456 e. The predicted molar refractivity (Wildman–Crippen MR) is 52.5 cm³/mol. The van der Waals surface area contributed by atoms with Gasteiger partial charge in [0.05, 0.1) is 6.54 Å². The van der Waals surface area contributed by atoms with Crippen molar-refractivity contribution in [3.05, 3.63) is 23.7 Å². The lowest BCUT2D eigenvalue weighted by Gasteiger charge is -2.14. The zero-order valence-corrected chi connectivity index (χ0v) is 9.04. The number of aliphatic hydroxyl groups excluding tert-OH is 1. The quantitative estimate of drug-likeness (QED) is 0.852. The number of halogens is 3. The third-order valence-electron chi connectivity index (χ3n) is 2.07. The molecule has 0 aromatic carbocycles. The third-order valence-corrected chi connectivity index (χ3v) is 2.07. The molecule has 1 amide bonds. The molecule has 96 valence electrons. The zero-order valence-electron chi connectivity index (χ0n) is 9.04. The minimum Gasteiger partial charge on any atom is -0.456 e. The summed E-state index contributed by atoms with van der Waals surface area (Å²) in [5.41, 5.74) is 0. The van der Waals surface area contributed by atoms with Crippen LogP contribution in [0.4, 0.5) is 13.2 Å². The van der Waals surface area contributed by atoms with Crippen molar-refractivity contribution in [1.82, 2.24) is 5.32 Å². The fourth-order valence-corrected chi connectivity index (χ4v) is 1.08. The summed E-state index contributed by atoms with van der Waals surface area (Å²) in [6.07, 6.45) is -6.74. The molecule has 17 heavy (non-hydrogen) atoms. The van der Waals surface area contributed by atoms with Gasteiger partial charge in [0.25, 0.3) is 5.91 Å². The second-order valence-corrected chi connectivity index (χ2v) is 3.39. The molecule has 2 N–H and O–H groups in total.